The molecule has 0 spiro atoms. The van der Waals surface area contributed by atoms with E-state index >= 15 is 0 Å². The molecule has 2 fully saturated rings. The minimum absolute atomic E-state index is 0.00424. The van der Waals surface area contributed by atoms with Crippen LogP contribution in [0.3, 0.4) is 0 Å². The van der Waals surface area contributed by atoms with Crippen LogP contribution >= 0.6 is 23.5 Å². The Balaban J connectivity index is 0.000000489. The average molecular weight is 918 g/mol. The van der Waals surface area contributed by atoms with Crippen LogP contribution in [0.25, 0.3) is 11.2 Å². The summed E-state index contributed by atoms with van der Waals surface area (Å²) in [6.07, 6.45) is -8.59. The SMILES string of the molecule is NC(=O)C1=CN([C@@H]2O[C@H](COP(=O)(O)OP(=O)(O)OC[C@H]3O[C@@H](n4cnc5c(N)ncnc54)[C@H](OP(=O)(O)O)[C@@H]3O)[C@@H](O)[C@H]2O)C=CC1.O=C(O)C1=CC(=O)[C@@H](O)[C@H](O)C1. The van der Waals surface area contributed by atoms with Crippen LogP contribution in [0, 0.1) is 0 Å². The molecule has 1 amide bonds. The fourth-order valence-corrected chi connectivity index (χ4v) is 8.56. The standard InChI is InChI=1S/C21H30N7O17P3.C7H8O5/c22-17-12-19(25-7-24-17)28(8-26-12)21-16(44-46(33,34)35)14(30)11(43-21)6-41-48(38,39)45-47(36,37)40-5-10-13(29)15(31)20(42-10)27-3-1-2-9(4-27)18(23)32;8-4-1-3(7(11)12)2-5(9)6(4)10/h1,3-4,7-8,10-11,13-16,20-21,29-31H,2,5-6H2,(H2,23,32)(H,36,37)(H,38,39)(H2,22,24,25)(H2,33,34,35);1,5-6,9-10H,2H2,(H,11,12)/t10-,11-,13-,14-,15-,16-,20-,21-;5-,6-/m11/s1. The Morgan fingerprint density at radius 2 is 1.50 bits per heavy atom. The summed E-state index contributed by atoms with van der Waals surface area (Å²) in [7, 11) is -16.3. The summed E-state index contributed by atoms with van der Waals surface area (Å²) in [6.45, 7) is -2.02. The number of aliphatic hydroxyl groups is 5. The zero-order valence-corrected chi connectivity index (χ0v) is 32.9. The van der Waals surface area contributed by atoms with Crippen molar-refractivity contribution in [3.63, 3.8) is 0 Å². The van der Waals surface area contributed by atoms with Crippen LogP contribution in [-0.2, 0) is 55.4 Å². The van der Waals surface area contributed by atoms with Gasteiger partial charge in [0.2, 0.25) is 5.91 Å². The van der Waals surface area contributed by atoms with E-state index in [1.165, 1.54) is 23.4 Å². The first-order chi connectivity index (χ1) is 27.9. The number of fused-ring (bicyclic) bond motifs is 1. The number of ketones is 1. The lowest BCUT2D eigenvalue weighted by Gasteiger charge is -2.28. The maximum atomic E-state index is 12.6. The number of ether oxygens (including phenoxy) is 2. The van der Waals surface area contributed by atoms with Crippen LogP contribution in [0.2, 0.25) is 0 Å². The van der Waals surface area contributed by atoms with Crippen LogP contribution in [0.4, 0.5) is 5.82 Å². The number of carbonyl (C=O) groups excluding carboxylic acids is 2. The normalized spacial score (nSPS) is 31.5. The molecule has 0 radical (unpaired) electrons. The number of phosphoric ester groups is 3. The number of allylic oxidation sites excluding steroid dienone is 1. The second-order valence-corrected chi connectivity index (χ2v) is 17.2. The van der Waals surface area contributed by atoms with Gasteiger partial charge in [-0.15, -0.1) is 0 Å². The van der Waals surface area contributed by atoms with E-state index in [-0.39, 0.29) is 41.0 Å². The Labute approximate surface area is 335 Å². The summed E-state index contributed by atoms with van der Waals surface area (Å²) >= 11 is 0. The first kappa shape index (κ1) is 47.1. The van der Waals surface area contributed by atoms with Crippen molar-refractivity contribution < 1.29 is 106 Å². The van der Waals surface area contributed by atoms with Crippen LogP contribution < -0.4 is 11.5 Å². The zero-order valence-electron chi connectivity index (χ0n) is 30.2. The fourth-order valence-electron chi connectivity index (χ4n) is 5.93. The summed E-state index contributed by atoms with van der Waals surface area (Å²) in [6, 6.07) is 0. The smallest absolute Gasteiger partial charge is 0.478 e. The molecular formula is C28H38N7O22P3. The number of primary amides is 1. The second-order valence-electron chi connectivity index (χ2n) is 13.0. The molecule has 0 bridgehead atoms. The first-order valence-corrected chi connectivity index (χ1v) is 21.4. The van der Waals surface area contributed by atoms with Crippen molar-refractivity contribution in [2.75, 3.05) is 18.9 Å². The lowest BCUT2D eigenvalue weighted by atomic mass is 9.94. The lowest BCUT2D eigenvalue weighted by molar-refractivity contribution is -0.136. The van der Waals surface area contributed by atoms with Gasteiger partial charge in [0.25, 0.3) is 0 Å². The minimum atomic E-state index is -5.52. The number of imidazole rings is 1. The van der Waals surface area contributed by atoms with Gasteiger partial charge >= 0.3 is 29.4 Å². The number of anilines is 1. The third kappa shape index (κ3) is 11.3. The van der Waals surface area contributed by atoms with E-state index < -0.39 is 116 Å². The highest BCUT2D eigenvalue weighted by Gasteiger charge is 2.51. The van der Waals surface area contributed by atoms with Crippen molar-refractivity contribution in [2.24, 2.45) is 5.73 Å². The quantitative estimate of drug-likeness (QED) is 0.0807. The van der Waals surface area contributed by atoms with Gasteiger partial charge in [0, 0.05) is 30.0 Å². The molecule has 2 aromatic heterocycles. The van der Waals surface area contributed by atoms with Crippen molar-refractivity contribution in [3.8, 4) is 0 Å². The van der Waals surface area contributed by atoms with Gasteiger partial charge in [0.05, 0.1) is 25.6 Å². The van der Waals surface area contributed by atoms with E-state index in [1.807, 2.05) is 0 Å². The monoisotopic (exact) mass is 917 g/mol. The summed E-state index contributed by atoms with van der Waals surface area (Å²) in [5, 5.41) is 57.9. The van der Waals surface area contributed by atoms with Crippen LogP contribution in [0.15, 0.2) is 48.4 Å². The number of aromatic nitrogens is 4. The van der Waals surface area contributed by atoms with Crippen molar-refractivity contribution in [1.82, 2.24) is 24.4 Å². The molecule has 14 N–H and O–H groups in total. The first-order valence-electron chi connectivity index (χ1n) is 16.8. The largest absolute Gasteiger partial charge is 0.481 e. The number of aliphatic carboxylic acids is 1. The molecule has 6 rings (SSSR count). The molecule has 1 aliphatic carbocycles. The van der Waals surface area contributed by atoms with Crippen molar-refractivity contribution in [1.29, 1.82) is 0 Å². The van der Waals surface area contributed by atoms with Gasteiger partial charge in [0.1, 0.15) is 54.6 Å². The van der Waals surface area contributed by atoms with Gasteiger partial charge in [-0.2, -0.15) is 4.31 Å². The Morgan fingerprint density at radius 3 is 2.08 bits per heavy atom. The van der Waals surface area contributed by atoms with E-state index in [0.29, 0.717) is 0 Å². The van der Waals surface area contributed by atoms with E-state index in [1.54, 1.807) is 0 Å². The Kier molecular flexibility index (Phi) is 14.6. The lowest BCUT2D eigenvalue weighted by Crippen LogP contribution is -2.40. The van der Waals surface area contributed by atoms with Gasteiger partial charge in [-0.25, -0.2) is 33.4 Å². The molecule has 5 heterocycles. The number of amides is 1. The molecule has 332 valence electrons. The maximum Gasteiger partial charge on any atom is 0.481 e. The Hall–Kier alpha value is -3.93. The molecule has 0 aromatic carbocycles. The summed E-state index contributed by atoms with van der Waals surface area (Å²) < 4.78 is 67.2. The molecule has 32 heteroatoms. The highest BCUT2D eigenvalue weighted by Crippen LogP contribution is 2.61. The minimum Gasteiger partial charge on any atom is -0.478 e. The fraction of sp³-hybridized carbons (Fsp3) is 0.500. The van der Waals surface area contributed by atoms with Gasteiger partial charge < -0.3 is 76.1 Å². The van der Waals surface area contributed by atoms with Gasteiger partial charge in [-0.05, 0) is 12.5 Å². The molecule has 60 heavy (non-hydrogen) atoms. The molecule has 0 saturated carbocycles. The van der Waals surface area contributed by atoms with E-state index in [4.69, 9.17) is 45.3 Å². The number of nitrogen functional groups attached to an aromatic ring is 1. The summed E-state index contributed by atoms with van der Waals surface area (Å²) in [5.74, 6) is -2.79. The second kappa shape index (κ2) is 18.6. The third-order valence-corrected chi connectivity index (χ3v) is 11.9. The number of aliphatic hydroxyl groups excluding tert-OH is 5. The van der Waals surface area contributed by atoms with Gasteiger partial charge in [-0.1, -0.05) is 6.08 Å². The molecule has 4 aliphatic rings. The summed E-state index contributed by atoms with van der Waals surface area (Å²) in [4.78, 5) is 84.5. The number of hydrogen-bond donors (Lipinski definition) is 12. The molecule has 12 atom stereocenters. The van der Waals surface area contributed by atoms with Gasteiger partial charge in [0.15, 0.2) is 29.7 Å². The van der Waals surface area contributed by atoms with E-state index in [2.05, 4.69) is 23.8 Å². The van der Waals surface area contributed by atoms with E-state index in [0.717, 1.165) is 23.3 Å². The molecule has 2 unspecified atom stereocenters. The van der Waals surface area contributed by atoms with Crippen molar-refractivity contribution >= 4 is 58.1 Å². The van der Waals surface area contributed by atoms with Crippen LogP contribution in [-0.4, -0.2) is 161 Å². The Bertz CT molecular complexity index is 2200. The number of nitrogens with two attached hydrogens (primary N) is 2. The third-order valence-electron chi connectivity index (χ3n) is 8.79. The van der Waals surface area contributed by atoms with E-state index in [9.17, 15) is 63.0 Å². The topological polar surface area (TPSA) is 459 Å². The summed E-state index contributed by atoms with van der Waals surface area (Å²) in [5.41, 5.74) is 11.1. The highest BCUT2D eigenvalue weighted by molar-refractivity contribution is 7.61. The molecule has 2 aromatic rings. The number of phosphoric acid groups is 3. The number of carboxylic acids is 1. The predicted octanol–water partition coefficient (Wildman–Crippen LogP) is -3.88. The van der Waals surface area contributed by atoms with Gasteiger partial charge in [-0.3, -0.25) is 27.7 Å². The predicted molar refractivity (Wildman–Crippen MR) is 190 cm³/mol. The highest BCUT2D eigenvalue weighted by atomic mass is 31.3. The molecule has 3 aliphatic heterocycles. The van der Waals surface area contributed by atoms with Crippen molar-refractivity contribution in [3.05, 3.63) is 48.4 Å². The maximum absolute atomic E-state index is 12.6. The molecule has 29 nitrogen and oxygen atoms in total. The molecule has 2 saturated heterocycles. The van der Waals surface area contributed by atoms with Crippen molar-refractivity contribution in [2.45, 2.75) is 74.1 Å². The average Bonchev–Trinajstić information content (AvgIpc) is 3.81. The number of hydrogen-bond acceptors (Lipinski definition) is 22. The number of nitrogens with zero attached hydrogens (tertiary/aromatic N) is 5. The molecular weight excluding hydrogens is 879 g/mol. The number of rotatable bonds is 14. The Morgan fingerprint density at radius 1 is 0.883 bits per heavy atom. The number of carbonyl (C=O) groups is 3. The number of carboxylic acid groups (broad SMARTS) is 1. The van der Waals surface area contributed by atoms with Crippen LogP contribution in [0.1, 0.15) is 19.1 Å². The van der Waals surface area contributed by atoms with Crippen LogP contribution in [0.5, 0.6) is 0 Å². The zero-order chi connectivity index (χ0) is 44.5.